The number of ketones is 1. The first-order valence-corrected chi connectivity index (χ1v) is 11.2. The SMILES string of the molecule is CCCCCCCC(P=O)c1ccccc1C(=O)c1c(OC)cc(OC)cc1OC. The van der Waals surface area contributed by atoms with Crippen molar-refractivity contribution in [2.75, 3.05) is 21.3 Å². The fourth-order valence-electron chi connectivity index (χ4n) is 3.56. The highest BCUT2D eigenvalue weighted by Gasteiger charge is 2.26. The van der Waals surface area contributed by atoms with Crippen molar-refractivity contribution in [3.8, 4) is 17.2 Å². The Morgan fingerprint density at radius 1 is 0.933 bits per heavy atom. The van der Waals surface area contributed by atoms with Crippen LogP contribution >= 0.6 is 8.46 Å². The predicted molar refractivity (Wildman–Crippen MR) is 120 cm³/mol. The molecule has 2 aromatic rings. The second kappa shape index (κ2) is 12.3. The summed E-state index contributed by atoms with van der Waals surface area (Å²) in [6.45, 7) is 2.18. The third kappa shape index (κ3) is 5.82. The van der Waals surface area contributed by atoms with Gasteiger partial charge in [0.05, 0.1) is 27.0 Å². The number of hydrogen-bond donors (Lipinski definition) is 0. The third-order valence-electron chi connectivity index (χ3n) is 5.21. The number of unbranched alkanes of at least 4 members (excludes halogenated alkanes) is 4. The summed E-state index contributed by atoms with van der Waals surface area (Å²) >= 11 is 0. The van der Waals surface area contributed by atoms with Crippen LogP contribution in [-0.4, -0.2) is 27.1 Å². The number of hydrogen-bond acceptors (Lipinski definition) is 5. The maximum absolute atomic E-state index is 13.6. The summed E-state index contributed by atoms with van der Waals surface area (Å²) in [6, 6.07) is 10.7. The first kappa shape index (κ1) is 23.9. The summed E-state index contributed by atoms with van der Waals surface area (Å²) in [7, 11) is 4.58. The van der Waals surface area contributed by atoms with E-state index in [1.165, 1.54) is 33.5 Å². The van der Waals surface area contributed by atoms with Crippen LogP contribution in [0.3, 0.4) is 0 Å². The molecule has 0 aliphatic carbocycles. The Hall–Kier alpha value is -2.39. The molecule has 0 spiro atoms. The van der Waals surface area contributed by atoms with E-state index >= 15 is 0 Å². The summed E-state index contributed by atoms with van der Waals surface area (Å²) in [6.07, 6.45) is 6.45. The van der Waals surface area contributed by atoms with Crippen molar-refractivity contribution in [1.29, 1.82) is 0 Å². The Morgan fingerprint density at radius 3 is 2.13 bits per heavy atom. The fraction of sp³-hybridized carbons (Fsp3) is 0.458. The van der Waals surface area contributed by atoms with E-state index in [1.807, 2.05) is 18.2 Å². The van der Waals surface area contributed by atoms with E-state index in [0.29, 0.717) is 28.4 Å². The summed E-state index contributed by atoms with van der Waals surface area (Å²) in [5.74, 6) is 1.07. The van der Waals surface area contributed by atoms with Crippen molar-refractivity contribution >= 4 is 14.2 Å². The molecule has 0 heterocycles. The molecule has 2 rings (SSSR count). The van der Waals surface area contributed by atoms with Crippen molar-refractivity contribution in [2.24, 2.45) is 0 Å². The Kier molecular flexibility index (Phi) is 9.82. The van der Waals surface area contributed by atoms with E-state index in [-0.39, 0.29) is 19.9 Å². The highest BCUT2D eigenvalue weighted by molar-refractivity contribution is 7.24. The van der Waals surface area contributed by atoms with Crippen molar-refractivity contribution in [1.82, 2.24) is 0 Å². The molecule has 162 valence electrons. The number of methoxy groups -OCH3 is 3. The molecule has 0 N–H and O–H groups in total. The van der Waals surface area contributed by atoms with E-state index in [9.17, 15) is 9.36 Å². The number of ether oxygens (including phenoxy) is 3. The minimum absolute atomic E-state index is 0.0242. The van der Waals surface area contributed by atoms with Gasteiger partial charge in [-0.2, -0.15) is 0 Å². The summed E-state index contributed by atoms with van der Waals surface area (Å²) < 4.78 is 28.2. The Labute approximate surface area is 180 Å². The molecule has 0 bridgehead atoms. The van der Waals surface area contributed by atoms with Crippen LogP contribution in [0, 0.1) is 0 Å². The molecule has 0 fully saturated rings. The maximum Gasteiger partial charge on any atom is 0.200 e. The first-order valence-electron chi connectivity index (χ1n) is 10.4. The number of rotatable bonds is 13. The zero-order chi connectivity index (χ0) is 21.9. The smallest absolute Gasteiger partial charge is 0.200 e. The van der Waals surface area contributed by atoms with Crippen molar-refractivity contribution in [2.45, 2.75) is 51.1 Å². The largest absolute Gasteiger partial charge is 0.496 e. The second-order valence-corrected chi connectivity index (χ2v) is 7.98. The minimum Gasteiger partial charge on any atom is -0.496 e. The van der Waals surface area contributed by atoms with Crippen LogP contribution in [0.5, 0.6) is 17.2 Å². The van der Waals surface area contributed by atoms with E-state index in [1.54, 1.807) is 25.3 Å². The van der Waals surface area contributed by atoms with Crippen LogP contribution in [0.4, 0.5) is 0 Å². The van der Waals surface area contributed by atoms with E-state index < -0.39 is 0 Å². The Morgan fingerprint density at radius 2 is 1.57 bits per heavy atom. The molecule has 0 aliphatic heterocycles. The van der Waals surface area contributed by atoms with Gasteiger partial charge < -0.3 is 14.2 Å². The van der Waals surface area contributed by atoms with Crippen LogP contribution in [-0.2, 0) is 4.57 Å². The lowest BCUT2D eigenvalue weighted by atomic mass is 9.93. The lowest BCUT2D eigenvalue weighted by Gasteiger charge is -2.17. The van der Waals surface area contributed by atoms with Gasteiger partial charge in [-0.1, -0.05) is 63.3 Å². The van der Waals surface area contributed by atoms with Crippen molar-refractivity contribution < 1.29 is 23.6 Å². The molecule has 0 radical (unpaired) electrons. The molecule has 0 saturated heterocycles. The van der Waals surface area contributed by atoms with Gasteiger partial charge in [0.1, 0.15) is 22.8 Å². The third-order valence-corrected chi connectivity index (χ3v) is 6.01. The average Bonchev–Trinajstić information content (AvgIpc) is 2.80. The van der Waals surface area contributed by atoms with Gasteiger partial charge in [-0.05, 0) is 12.0 Å². The quantitative estimate of drug-likeness (QED) is 0.203. The molecule has 1 atom stereocenters. The average molecular weight is 430 g/mol. The van der Waals surface area contributed by atoms with Crippen LogP contribution in [0.1, 0.15) is 72.6 Å². The first-order chi connectivity index (χ1) is 14.6. The molecule has 0 amide bonds. The van der Waals surface area contributed by atoms with Gasteiger partial charge in [0, 0.05) is 17.7 Å². The zero-order valence-corrected chi connectivity index (χ0v) is 19.2. The molecule has 30 heavy (non-hydrogen) atoms. The predicted octanol–water partition coefficient (Wildman–Crippen LogP) is 6.64. The Bertz CT molecular complexity index is 824. The van der Waals surface area contributed by atoms with Gasteiger partial charge in [0.15, 0.2) is 8.46 Å². The van der Waals surface area contributed by atoms with E-state index in [0.717, 1.165) is 24.8 Å². The molecular formula is C24H31O5P. The highest BCUT2D eigenvalue weighted by Crippen LogP contribution is 2.39. The van der Waals surface area contributed by atoms with E-state index in [4.69, 9.17) is 14.2 Å². The zero-order valence-electron chi connectivity index (χ0n) is 18.3. The molecular weight excluding hydrogens is 399 g/mol. The molecule has 0 saturated carbocycles. The monoisotopic (exact) mass is 430 g/mol. The molecule has 2 aromatic carbocycles. The van der Waals surface area contributed by atoms with Gasteiger partial charge in [-0.25, -0.2) is 0 Å². The standard InChI is InChI=1S/C24H31O5P/c1-5-6-7-8-9-14-22(30-26)18-12-10-11-13-19(18)24(25)23-20(28-3)15-17(27-2)16-21(23)29-4/h10-13,15-16,22H,5-9,14H2,1-4H3. The lowest BCUT2D eigenvalue weighted by Crippen LogP contribution is -2.10. The Balaban J connectivity index is 2.39. The summed E-state index contributed by atoms with van der Waals surface area (Å²) in [4.78, 5) is 13.6. The van der Waals surface area contributed by atoms with Crippen LogP contribution in [0.25, 0.3) is 0 Å². The van der Waals surface area contributed by atoms with E-state index in [2.05, 4.69) is 6.92 Å². The topological polar surface area (TPSA) is 61.8 Å². The van der Waals surface area contributed by atoms with Gasteiger partial charge in [0.25, 0.3) is 0 Å². The van der Waals surface area contributed by atoms with Crippen LogP contribution < -0.4 is 14.2 Å². The van der Waals surface area contributed by atoms with Gasteiger partial charge in [-0.3, -0.25) is 9.36 Å². The normalized spacial score (nSPS) is 11.9. The van der Waals surface area contributed by atoms with Crippen LogP contribution in [0.2, 0.25) is 0 Å². The summed E-state index contributed by atoms with van der Waals surface area (Å²) in [5.41, 5.74) is 1.41. The fourth-order valence-corrected chi connectivity index (χ4v) is 4.19. The van der Waals surface area contributed by atoms with Crippen LogP contribution in [0.15, 0.2) is 36.4 Å². The minimum atomic E-state index is -0.221. The number of carbonyl (C=O) groups is 1. The summed E-state index contributed by atoms with van der Waals surface area (Å²) in [5, 5.41) is 0. The number of benzene rings is 2. The molecule has 0 aromatic heterocycles. The van der Waals surface area contributed by atoms with Gasteiger partial charge in [-0.15, -0.1) is 0 Å². The number of carbonyl (C=O) groups excluding carboxylic acids is 1. The molecule has 0 aliphatic rings. The molecule has 1 unspecified atom stereocenters. The van der Waals surface area contributed by atoms with Gasteiger partial charge >= 0.3 is 0 Å². The lowest BCUT2D eigenvalue weighted by molar-refractivity contribution is 0.103. The van der Waals surface area contributed by atoms with Crippen molar-refractivity contribution in [3.05, 3.63) is 53.1 Å². The molecule has 5 nitrogen and oxygen atoms in total. The maximum atomic E-state index is 13.6. The highest BCUT2D eigenvalue weighted by atomic mass is 31.1. The second-order valence-electron chi connectivity index (χ2n) is 7.15. The van der Waals surface area contributed by atoms with Crippen molar-refractivity contribution in [3.63, 3.8) is 0 Å². The molecule has 6 heteroatoms. The van der Waals surface area contributed by atoms with Gasteiger partial charge in [0.2, 0.25) is 5.78 Å².